The van der Waals surface area contributed by atoms with E-state index in [9.17, 15) is 0 Å². The number of benzene rings is 3. The van der Waals surface area contributed by atoms with Gasteiger partial charge in [0.15, 0.2) is 22.6 Å². The lowest BCUT2D eigenvalue weighted by Crippen LogP contribution is -2.00. The monoisotopic (exact) mass is 388 g/mol. The summed E-state index contributed by atoms with van der Waals surface area (Å²) in [6, 6.07) is 18.6. The Morgan fingerprint density at radius 1 is 0.633 bits per heavy atom. The maximum atomic E-state index is 9.07. The van der Waals surface area contributed by atoms with E-state index in [0.717, 1.165) is 21.5 Å². The molecule has 3 aromatic carbocycles. The van der Waals surface area contributed by atoms with Crippen molar-refractivity contribution in [3.05, 3.63) is 59.3 Å². The number of fused-ring (bicyclic) bond motifs is 5. The summed E-state index contributed by atoms with van der Waals surface area (Å²) in [6.07, 6.45) is 0. The van der Waals surface area contributed by atoms with E-state index in [1.165, 1.54) is 0 Å². The zero-order valence-electron chi connectivity index (χ0n) is 15.1. The highest BCUT2D eigenvalue weighted by Crippen LogP contribution is 2.43. The molecule has 0 aliphatic carbocycles. The number of nitrogens with zero attached hydrogens (tertiary/aromatic N) is 4. The average Bonchev–Trinajstić information content (AvgIpc) is 3.35. The Kier molecular flexibility index (Phi) is 3.49. The lowest BCUT2D eigenvalue weighted by Gasteiger charge is -2.07. The Labute approximate surface area is 169 Å². The van der Waals surface area contributed by atoms with Crippen LogP contribution in [0, 0.1) is 45.3 Å². The fraction of sp³-hybridized carbons (Fsp3) is 0. The molecule has 138 valence electrons. The van der Waals surface area contributed by atoms with Gasteiger partial charge in [0.25, 0.3) is 0 Å². The normalized spacial score (nSPS) is 12.8. The zero-order valence-corrected chi connectivity index (χ0v) is 15.1. The van der Waals surface area contributed by atoms with E-state index < -0.39 is 0 Å². The van der Waals surface area contributed by atoms with E-state index in [0.29, 0.717) is 22.9 Å². The first-order valence-corrected chi connectivity index (χ1v) is 8.68. The van der Waals surface area contributed by atoms with Crippen molar-refractivity contribution in [2.24, 2.45) is 0 Å². The van der Waals surface area contributed by atoms with Gasteiger partial charge in [0.05, 0.1) is 11.4 Å². The van der Waals surface area contributed by atoms with Crippen molar-refractivity contribution in [3.63, 3.8) is 0 Å². The average molecular weight is 388 g/mol. The van der Waals surface area contributed by atoms with Crippen LogP contribution in [0.3, 0.4) is 0 Å². The topological polar surface area (TPSA) is 138 Å². The third-order valence-corrected chi connectivity index (χ3v) is 4.86. The third-order valence-electron chi connectivity index (χ3n) is 4.86. The summed E-state index contributed by atoms with van der Waals surface area (Å²) in [5.41, 5.74) is 1.05. The van der Waals surface area contributed by atoms with Crippen molar-refractivity contribution in [1.82, 2.24) is 0 Å². The van der Waals surface area contributed by atoms with E-state index in [2.05, 4.69) is 10.6 Å². The number of nitrogens with one attached hydrogen (secondary N) is 2. The van der Waals surface area contributed by atoms with Gasteiger partial charge in [0.2, 0.25) is 11.8 Å². The molecule has 5 rings (SSSR count). The minimum absolute atomic E-state index is 0.110. The molecule has 8 heteroatoms. The molecule has 2 aliphatic heterocycles. The number of hydrogen-bond acceptors (Lipinski definition) is 8. The smallest absolute Gasteiger partial charge is 0.226 e. The molecule has 0 radical (unpaired) electrons. The predicted octanol–water partition coefficient (Wildman–Crippen LogP) is 4.12. The molecule has 2 heterocycles. The molecule has 8 nitrogen and oxygen atoms in total. The molecule has 30 heavy (non-hydrogen) atoms. The molecule has 0 atom stereocenters. The maximum Gasteiger partial charge on any atom is 0.226 e. The number of rotatable bonds is 0. The van der Waals surface area contributed by atoms with Crippen LogP contribution < -0.4 is 20.1 Å². The fourth-order valence-electron chi connectivity index (χ4n) is 3.47. The Morgan fingerprint density at radius 2 is 1.03 bits per heavy atom. The van der Waals surface area contributed by atoms with E-state index in [4.69, 9.17) is 30.5 Å². The number of ether oxygens (including phenoxy) is 2. The SMILES string of the molecule is N#CC(C#N)=C1Nc2cc3ccc4cc5c(cc4c3cc2O1)OC(=C(C#N)C#N)N5. The van der Waals surface area contributed by atoms with Gasteiger partial charge >= 0.3 is 0 Å². The van der Waals surface area contributed by atoms with Crippen molar-refractivity contribution in [2.45, 2.75) is 0 Å². The summed E-state index contributed by atoms with van der Waals surface area (Å²) >= 11 is 0. The zero-order chi connectivity index (χ0) is 20.8. The van der Waals surface area contributed by atoms with Crippen LogP contribution in [0.4, 0.5) is 11.4 Å². The highest BCUT2D eigenvalue weighted by Gasteiger charge is 2.24. The third kappa shape index (κ3) is 2.36. The van der Waals surface area contributed by atoms with Crippen LogP contribution in [0.15, 0.2) is 59.3 Å². The second-order valence-corrected chi connectivity index (χ2v) is 6.51. The van der Waals surface area contributed by atoms with Crippen molar-refractivity contribution >= 4 is 32.9 Å². The van der Waals surface area contributed by atoms with E-state index in [-0.39, 0.29) is 22.9 Å². The summed E-state index contributed by atoms with van der Waals surface area (Å²) in [6.45, 7) is 0. The first-order chi connectivity index (χ1) is 14.6. The summed E-state index contributed by atoms with van der Waals surface area (Å²) < 4.78 is 11.4. The van der Waals surface area contributed by atoms with Crippen LogP contribution >= 0.6 is 0 Å². The van der Waals surface area contributed by atoms with Crippen LogP contribution in [-0.2, 0) is 0 Å². The quantitative estimate of drug-likeness (QED) is 0.433. The first-order valence-electron chi connectivity index (χ1n) is 8.68. The van der Waals surface area contributed by atoms with Crippen molar-refractivity contribution in [2.75, 3.05) is 10.6 Å². The Bertz CT molecular complexity index is 1390. The molecule has 0 unspecified atom stereocenters. The molecule has 0 amide bonds. The Morgan fingerprint density at radius 3 is 1.40 bits per heavy atom. The lowest BCUT2D eigenvalue weighted by atomic mass is 10.0. The van der Waals surface area contributed by atoms with Crippen LogP contribution in [0.2, 0.25) is 0 Å². The molecular weight excluding hydrogens is 380 g/mol. The molecular formula is C22H8N6O2. The van der Waals surface area contributed by atoms with Crippen molar-refractivity contribution < 1.29 is 9.47 Å². The molecule has 0 aromatic heterocycles. The largest absolute Gasteiger partial charge is 0.437 e. The Balaban J connectivity index is 1.67. The number of hydrogen-bond donors (Lipinski definition) is 2. The molecule has 0 fully saturated rings. The second-order valence-electron chi connectivity index (χ2n) is 6.51. The van der Waals surface area contributed by atoms with Gasteiger partial charge in [-0.05, 0) is 45.8 Å². The minimum atomic E-state index is -0.137. The van der Waals surface area contributed by atoms with Gasteiger partial charge in [-0.3, -0.25) is 0 Å². The maximum absolute atomic E-state index is 9.07. The summed E-state index contributed by atoms with van der Waals surface area (Å²) in [4.78, 5) is 0. The van der Waals surface area contributed by atoms with Gasteiger partial charge in [0.1, 0.15) is 24.3 Å². The minimum Gasteiger partial charge on any atom is -0.437 e. The van der Waals surface area contributed by atoms with Gasteiger partial charge in [-0.2, -0.15) is 21.0 Å². The molecule has 0 saturated carbocycles. The first kappa shape index (κ1) is 17.0. The van der Waals surface area contributed by atoms with Crippen LogP contribution in [-0.4, -0.2) is 0 Å². The predicted molar refractivity (Wildman–Crippen MR) is 106 cm³/mol. The Hall–Kier alpha value is -5.18. The molecule has 3 aromatic rings. The molecule has 0 bridgehead atoms. The van der Waals surface area contributed by atoms with E-state index in [1.807, 2.05) is 60.7 Å². The van der Waals surface area contributed by atoms with E-state index in [1.54, 1.807) is 0 Å². The molecule has 0 saturated heterocycles. The standard InChI is InChI=1S/C22H8N6O2/c23-7-13(8-24)21-27-17-3-11-1-2-12-4-18-20(30-22(28-18)14(9-25)10-26)6-16(12)15(11)5-19(17)29-21/h1-6,27-28H. The second kappa shape index (κ2) is 6.17. The highest BCUT2D eigenvalue weighted by molar-refractivity contribution is 6.11. The number of nitriles is 4. The van der Waals surface area contributed by atoms with Crippen LogP contribution in [0.1, 0.15) is 0 Å². The van der Waals surface area contributed by atoms with Gasteiger partial charge in [-0.25, -0.2) is 0 Å². The van der Waals surface area contributed by atoms with Crippen molar-refractivity contribution in [1.29, 1.82) is 21.0 Å². The lowest BCUT2D eigenvalue weighted by molar-refractivity contribution is 0.454. The fourth-order valence-corrected chi connectivity index (χ4v) is 3.47. The van der Waals surface area contributed by atoms with Crippen LogP contribution in [0.5, 0.6) is 11.5 Å². The van der Waals surface area contributed by atoms with Gasteiger partial charge in [0, 0.05) is 0 Å². The number of allylic oxidation sites excluding steroid dienone is 2. The van der Waals surface area contributed by atoms with Gasteiger partial charge in [-0.1, -0.05) is 12.1 Å². The summed E-state index contributed by atoms with van der Waals surface area (Å²) in [5, 5.41) is 45.8. The van der Waals surface area contributed by atoms with E-state index >= 15 is 0 Å². The van der Waals surface area contributed by atoms with Crippen LogP contribution in [0.25, 0.3) is 21.5 Å². The highest BCUT2D eigenvalue weighted by atomic mass is 16.5. The molecule has 0 spiro atoms. The summed E-state index contributed by atoms with van der Waals surface area (Å²) in [7, 11) is 0. The number of anilines is 2. The molecule has 2 N–H and O–H groups in total. The summed E-state index contributed by atoms with van der Waals surface area (Å²) in [5.74, 6) is 1.23. The van der Waals surface area contributed by atoms with Gasteiger partial charge in [-0.15, -0.1) is 0 Å². The van der Waals surface area contributed by atoms with Gasteiger partial charge < -0.3 is 20.1 Å². The molecule has 2 aliphatic rings. The van der Waals surface area contributed by atoms with Crippen molar-refractivity contribution in [3.8, 4) is 35.8 Å².